The Labute approximate surface area is 179 Å². The summed E-state index contributed by atoms with van der Waals surface area (Å²) in [5.74, 6) is 4.64. The van der Waals surface area contributed by atoms with Gasteiger partial charge in [0.25, 0.3) is 5.91 Å². The van der Waals surface area contributed by atoms with Gasteiger partial charge in [-0.15, -0.1) is 0 Å². The van der Waals surface area contributed by atoms with E-state index in [-0.39, 0.29) is 41.4 Å². The van der Waals surface area contributed by atoms with Gasteiger partial charge in [-0.2, -0.15) is 4.99 Å². The third-order valence-electron chi connectivity index (χ3n) is 4.42. The molecule has 0 saturated heterocycles. The van der Waals surface area contributed by atoms with Crippen LogP contribution in [-0.4, -0.2) is 39.8 Å². The van der Waals surface area contributed by atoms with E-state index in [9.17, 15) is 14.0 Å². The Morgan fingerprint density at radius 3 is 2.48 bits per heavy atom. The summed E-state index contributed by atoms with van der Waals surface area (Å²) in [5.41, 5.74) is 6.53. The van der Waals surface area contributed by atoms with Crippen LogP contribution in [0.3, 0.4) is 0 Å². The van der Waals surface area contributed by atoms with Gasteiger partial charge in [-0.3, -0.25) is 19.6 Å². The number of hydrazine groups is 1. The summed E-state index contributed by atoms with van der Waals surface area (Å²) in [5, 5.41) is 9.36. The van der Waals surface area contributed by atoms with Crippen LogP contribution in [0.25, 0.3) is 0 Å². The molecule has 0 atom stereocenters. The lowest BCUT2D eigenvalue weighted by Crippen LogP contribution is -2.37. The third kappa shape index (κ3) is 6.48. The number of amides is 1. The van der Waals surface area contributed by atoms with Gasteiger partial charge in [0.2, 0.25) is 0 Å². The van der Waals surface area contributed by atoms with E-state index < -0.39 is 17.1 Å². The quantitative estimate of drug-likeness (QED) is 0.265. The summed E-state index contributed by atoms with van der Waals surface area (Å²) in [6.45, 7) is 6.89. The van der Waals surface area contributed by atoms with E-state index >= 15 is 0 Å². The topological polar surface area (TPSA) is 151 Å². The number of nitrogens with two attached hydrogens (primary N) is 2. The standard InChI is InChI=1S/C21H26FN7O2/c1-12-17(29(25)11-16(23)13-5-15(22)10-26-8-13)6-14(9-27-12)20(31)28-19(24)7-18(30)21(2,3)4/h5-6,8-10,23H,7,11,25H2,1-4H3,(H2,24,28,31). The van der Waals surface area contributed by atoms with E-state index in [0.717, 1.165) is 6.20 Å². The van der Waals surface area contributed by atoms with Crippen LogP contribution in [0.1, 0.15) is 48.8 Å². The van der Waals surface area contributed by atoms with Crippen molar-refractivity contribution in [1.82, 2.24) is 9.97 Å². The minimum Gasteiger partial charge on any atom is -0.387 e. The molecule has 2 aromatic heterocycles. The smallest absolute Gasteiger partial charge is 0.280 e. The highest BCUT2D eigenvalue weighted by atomic mass is 19.1. The molecule has 0 aromatic carbocycles. The van der Waals surface area contributed by atoms with Crippen LogP contribution in [0.4, 0.5) is 10.1 Å². The van der Waals surface area contributed by atoms with Crippen molar-refractivity contribution in [3.05, 3.63) is 53.4 Å². The van der Waals surface area contributed by atoms with Crippen molar-refractivity contribution in [2.24, 2.45) is 22.0 Å². The van der Waals surface area contributed by atoms with Crippen molar-refractivity contribution < 1.29 is 14.0 Å². The molecule has 9 nitrogen and oxygen atoms in total. The van der Waals surface area contributed by atoms with Gasteiger partial charge in [0, 0.05) is 23.4 Å². The van der Waals surface area contributed by atoms with Crippen LogP contribution in [0.15, 0.2) is 35.7 Å². The maximum atomic E-state index is 13.3. The molecule has 0 bridgehead atoms. The van der Waals surface area contributed by atoms with Gasteiger partial charge in [-0.1, -0.05) is 20.8 Å². The van der Waals surface area contributed by atoms with Crippen molar-refractivity contribution in [2.45, 2.75) is 34.1 Å². The molecule has 0 unspecified atom stereocenters. The summed E-state index contributed by atoms with van der Waals surface area (Å²) in [6, 6.07) is 2.66. The first-order valence-corrected chi connectivity index (χ1v) is 9.46. The van der Waals surface area contributed by atoms with E-state index in [1.165, 1.54) is 29.5 Å². The number of pyridine rings is 2. The zero-order chi connectivity index (χ0) is 23.3. The van der Waals surface area contributed by atoms with Gasteiger partial charge in [0.15, 0.2) is 0 Å². The fraction of sp³-hybridized carbons (Fsp3) is 0.333. The number of carbonyl (C=O) groups is 2. The fourth-order valence-corrected chi connectivity index (χ4v) is 2.52. The SMILES string of the molecule is Cc1ncc(C(=O)N=C(N)CC(=O)C(C)(C)C)cc1N(N)CC(=N)c1cncc(F)c1. The predicted molar refractivity (Wildman–Crippen MR) is 117 cm³/mol. The second-order valence-corrected chi connectivity index (χ2v) is 8.09. The largest absolute Gasteiger partial charge is 0.387 e. The number of aromatic nitrogens is 2. The Bertz CT molecular complexity index is 1040. The molecule has 5 N–H and O–H groups in total. The second-order valence-electron chi connectivity index (χ2n) is 8.09. The summed E-state index contributed by atoms with van der Waals surface area (Å²) in [7, 11) is 0. The number of carbonyl (C=O) groups excluding carboxylic acids is 2. The fourth-order valence-electron chi connectivity index (χ4n) is 2.52. The molecule has 0 aliphatic heterocycles. The van der Waals surface area contributed by atoms with Gasteiger partial charge in [-0.25, -0.2) is 10.2 Å². The first-order chi connectivity index (χ1) is 14.4. The molecular weight excluding hydrogens is 401 g/mol. The minimum absolute atomic E-state index is 0.0357. The molecule has 0 spiro atoms. The predicted octanol–water partition coefficient (Wildman–Crippen LogP) is 2.17. The van der Waals surface area contributed by atoms with E-state index in [4.69, 9.17) is 17.0 Å². The molecule has 0 aliphatic carbocycles. The van der Waals surface area contributed by atoms with Crippen LogP contribution < -0.4 is 16.6 Å². The van der Waals surface area contributed by atoms with Gasteiger partial charge >= 0.3 is 0 Å². The highest BCUT2D eigenvalue weighted by molar-refractivity contribution is 6.09. The monoisotopic (exact) mass is 427 g/mol. The lowest BCUT2D eigenvalue weighted by atomic mass is 9.89. The highest BCUT2D eigenvalue weighted by Gasteiger charge is 2.22. The number of aryl methyl sites for hydroxylation is 1. The number of aliphatic imine (C=N–C) groups is 1. The van der Waals surface area contributed by atoms with Crippen molar-refractivity contribution in [3.8, 4) is 0 Å². The lowest BCUT2D eigenvalue weighted by Gasteiger charge is -2.21. The van der Waals surface area contributed by atoms with Crippen LogP contribution in [-0.2, 0) is 4.79 Å². The number of hydrogen-bond donors (Lipinski definition) is 3. The Hall–Kier alpha value is -3.53. The Kier molecular flexibility index (Phi) is 7.29. The molecule has 10 heteroatoms. The van der Waals surface area contributed by atoms with Gasteiger partial charge < -0.3 is 16.2 Å². The highest BCUT2D eigenvalue weighted by Crippen LogP contribution is 2.19. The van der Waals surface area contributed by atoms with Crippen molar-refractivity contribution in [2.75, 3.05) is 11.6 Å². The zero-order valence-electron chi connectivity index (χ0n) is 17.9. The maximum Gasteiger partial charge on any atom is 0.280 e. The molecule has 31 heavy (non-hydrogen) atoms. The number of amidine groups is 1. The number of nitrogens with one attached hydrogen (secondary N) is 1. The third-order valence-corrected chi connectivity index (χ3v) is 4.42. The molecule has 0 fully saturated rings. The van der Waals surface area contributed by atoms with Gasteiger partial charge in [0.1, 0.15) is 17.4 Å². The number of nitrogens with zero attached hydrogens (tertiary/aromatic N) is 4. The zero-order valence-corrected chi connectivity index (χ0v) is 17.9. The number of ketones is 1. The van der Waals surface area contributed by atoms with Crippen molar-refractivity contribution in [1.29, 1.82) is 5.41 Å². The first-order valence-electron chi connectivity index (χ1n) is 9.46. The molecule has 2 aromatic rings. The molecule has 1 amide bonds. The molecule has 0 saturated carbocycles. The summed E-state index contributed by atoms with van der Waals surface area (Å²) < 4.78 is 13.3. The first kappa shape index (κ1) is 23.7. The van der Waals surface area contributed by atoms with Gasteiger partial charge in [-0.05, 0) is 19.1 Å². The summed E-state index contributed by atoms with van der Waals surface area (Å²) >= 11 is 0. The van der Waals surface area contributed by atoms with Crippen LogP contribution >= 0.6 is 0 Å². The van der Waals surface area contributed by atoms with E-state index in [1.807, 2.05) is 0 Å². The normalized spacial score (nSPS) is 11.9. The Morgan fingerprint density at radius 1 is 1.19 bits per heavy atom. The minimum atomic E-state index is -0.661. The van der Waals surface area contributed by atoms with E-state index in [2.05, 4.69) is 15.0 Å². The molecule has 2 heterocycles. The molecule has 0 radical (unpaired) electrons. The van der Waals surface area contributed by atoms with Crippen molar-refractivity contribution >= 4 is 28.9 Å². The van der Waals surface area contributed by atoms with Crippen molar-refractivity contribution in [3.63, 3.8) is 0 Å². The number of anilines is 1. The maximum absolute atomic E-state index is 13.3. The Balaban J connectivity index is 2.18. The lowest BCUT2D eigenvalue weighted by molar-refractivity contribution is -0.125. The molecule has 0 aliphatic rings. The summed E-state index contributed by atoms with van der Waals surface area (Å²) in [4.78, 5) is 36.2. The van der Waals surface area contributed by atoms with Crippen LogP contribution in [0, 0.1) is 23.6 Å². The van der Waals surface area contributed by atoms with Crippen LogP contribution in [0.2, 0.25) is 0 Å². The van der Waals surface area contributed by atoms with Gasteiger partial charge in [0.05, 0.1) is 41.8 Å². The van der Waals surface area contributed by atoms with E-state index in [1.54, 1.807) is 27.7 Å². The molecular formula is C21H26FN7O2. The number of halogens is 1. The Morgan fingerprint density at radius 2 is 1.87 bits per heavy atom. The average Bonchev–Trinajstić information content (AvgIpc) is 2.67. The van der Waals surface area contributed by atoms with E-state index in [0.29, 0.717) is 11.4 Å². The average molecular weight is 427 g/mol. The second kappa shape index (κ2) is 9.52. The molecule has 2 rings (SSSR count). The summed E-state index contributed by atoms with van der Waals surface area (Å²) in [6.07, 6.45) is 3.60. The molecule has 164 valence electrons. The van der Waals surface area contributed by atoms with Crippen LogP contribution in [0.5, 0.6) is 0 Å². The number of rotatable bonds is 7. The number of Topliss-reactive ketones (excluding diaryl/α,β-unsaturated/α-hetero) is 1. The number of hydrogen-bond acceptors (Lipinski definition) is 7.